The molecule has 0 saturated carbocycles. The first-order valence-electron chi connectivity index (χ1n) is 12.0. The van der Waals surface area contributed by atoms with Gasteiger partial charge in [0.25, 0.3) is 0 Å². The smallest absolute Gasteiger partial charge is 0.237 e. The zero-order valence-electron chi connectivity index (χ0n) is 19.2. The summed E-state index contributed by atoms with van der Waals surface area (Å²) in [7, 11) is 0. The number of hydrogen-bond donors (Lipinski definition) is 0. The van der Waals surface area contributed by atoms with Crippen LogP contribution >= 0.6 is 0 Å². The fourth-order valence-corrected chi connectivity index (χ4v) is 5.74. The maximum Gasteiger partial charge on any atom is 0.237 e. The standard InChI is InChI=1S/C31H19N5/c1-2-8-20(9-3-1)35-26-12-6-4-10-21(26)23-15-14-22-24(30(23)35)16-17-28-29(22)25-11-5-7-13-27(25)36(28)31-33-18-32-19-34-31/h1-19H. The van der Waals surface area contributed by atoms with Gasteiger partial charge in [0.15, 0.2) is 0 Å². The van der Waals surface area contributed by atoms with Crippen LogP contribution in [-0.2, 0) is 0 Å². The van der Waals surface area contributed by atoms with Crippen LogP contribution in [0.5, 0.6) is 0 Å². The van der Waals surface area contributed by atoms with E-state index in [1.165, 1.54) is 43.4 Å². The molecule has 5 nitrogen and oxygen atoms in total. The summed E-state index contributed by atoms with van der Waals surface area (Å²) in [5, 5.41) is 7.33. The van der Waals surface area contributed by atoms with E-state index >= 15 is 0 Å². The Morgan fingerprint density at radius 2 is 1.06 bits per heavy atom. The van der Waals surface area contributed by atoms with Crippen LogP contribution in [-0.4, -0.2) is 24.1 Å². The summed E-state index contributed by atoms with van der Waals surface area (Å²) in [6.07, 6.45) is 3.09. The van der Waals surface area contributed by atoms with Gasteiger partial charge in [-0.1, -0.05) is 72.8 Å². The molecule has 8 rings (SSSR count). The summed E-state index contributed by atoms with van der Waals surface area (Å²) in [6.45, 7) is 0. The fraction of sp³-hybridized carbons (Fsp3) is 0. The Balaban J connectivity index is 1.60. The lowest BCUT2D eigenvalue weighted by atomic mass is 10.0. The quantitative estimate of drug-likeness (QED) is 0.273. The molecule has 5 aromatic carbocycles. The van der Waals surface area contributed by atoms with Crippen LogP contribution in [0.2, 0.25) is 0 Å². The van der Waals surface area contributed by atoms with E-state index in [9.17, 15) is 0 Å². The maximum atomic E-state index is 4.47. The fourth-order valence-electron chi connectivity index (χ4n) is 5.74. The lowest BCUT2D eigenvalue weighted by Gasteiger charge is -2.11. The molecule has 8 aromatic rings. The molecule has 36 heavy (non-hydrogen) atoms. The highest BCUT2D eigenvalue weighted by Crippen LogP contribution is 2.41. The molecule has 0 radical (unpaired) electrons. The third-order valence-corrected chi connectivity index (χ3v) is 7.16. The summed E-state index contributed by atoms with van der Waals surface area (Å²) in [6, 6.07) is 36.7. The molecule has 168 valence electrons. The van der Waals surface area contributed by atoms with Crippen molar-refractivity contribution in [3.63, 3.8) is 0 Å². The molecule has 0 fully saturated rings. The van der Waals surface area contributed by atoms with Crippen molar-refractivity contribution in [2.24, 2.45) is 0 Å². The number of fused-ring (bicyclic) bond motifs is 9. The van der Waals surface area contributed by atoms with Gasteiger partial charge in [-0.15, -0.1) is 0 Å². The first kappa shape index (κ1) is 19.3. The van der Waals surface area contributed by atoms with Crippen LogP contribution in [0.1, 0.15) is 0 Å². The van der Waals surface area contributed by atoms with E-state index in [-0.39, 0.29) is 0 Å². The van der Waals surface area contributed by atoms with Crippen molar-refractivity contribution in [1.82, 2.24) is 24.1 Å². The van der Waals surface area contributed by atoms with Gasteiger partial charge in [0.1, 0.15) is 12.7 Å². The molecule has 3 aromatic heterocycles. The van der Waals surface area contributed by atoms with Crippen molar-refractivity contribution in [3.8, 4) is 11.6 Å². The minimum atomic E-state index is 0.620. The van der Waals surface area contributed by atoms with Crippen molar-refractivity contribution in [2.75, 3.05) is 0 Å². The highest BCUT2D eigenvalue weighted by atomic mass is 15.2. The van der Waals surface area contributed by atoms with Crippen LogP contribution in [0.25, 0.3) is 66.0 Å². The average Bonchev–Trinajstić information content (AvgIpc) is 3.47. The van der Waals surface area contributed by atoms with E-state index in [0.29, 0.717) is 5.95 Å². The van der Waals surface area contributed by atoms with Gasteiger partial charge in [-0.3, -0.25) is 4.57 Å². The first-order chi connectivity index (χ1) is 17.9. The Morgan fingerprint density at radius 3 is 1.86 bits per heavy atom. The Bertz CT molecular complexity index is 2090. The van der Waals surface area contributed by atoms with E-state index < -0.39 is 0 Å². The van der Waals surface area contributed by atoms with Gasteiger partial charge in [0, 0.05) is 32.6 Å². The zero-order chi connectivity index (χ0) is 23.6. The van der Waals surface area contributed by atoms with Crippen LogP contribution < -0.4 is 0 Å². The molecule has 3 heterocycles. The number of aromatic nitrogens is 5. The SMILES string of the molecule is c1ccc(-n2c3ccccc3c3ccc4c(ccc5c4c4ccccc4n5-c4ncncn4)c32)cc1. The van der Waals surface area contributed by atoms with E-state index in [0.717, 1.165) is 16.7 Å². The largest absolute Gasteiger partial charge is 0.309 e. The Labute approximate surface area is 205 Å². The maximum absolute atomic E-state index is 4.47. The number of nitrogens with zero attached hydrogens (tertiary/aromatic N) is 5. The number of rotatable bonds is 2. The van der Waals surface area contributed by atoms with Crippen LogP contribution in [0, 0.1) is 0 Å². The molecule has 0 atom stereocenters. The van der Waals surface area contributed by atoms with Gasteiger partial charge in [-0.25, -0.2) is 15.0 Å². The highest BCUT2D eigenvalue weighted by Gasteiger charge is 2.19. The lowest BCUT2D eigenvalue weighted by molar-refractivity contribution is 0.940. The summed E-state index contributed by atoms with van der Waals surface area (Å²) < 4.78 is 4.52. The topological polar surface area (TPSA) is 48.5 Å². The molecule has 0 aliphatic heterocycles. The molecular formula is C31H19N5. The van der Waals surface area contributed by atoms with Crippen LogP contribution in [0.4, 0.5) is 0 Å². The molecule has 0 spiro atoms. The zero-order valence-corrected chi connectivity index (χ0v) is 19.2. The van der Waals surface area contributed by atoms with Gasteiger partial charge in [-0.05, 0) is 35.7 Å². The molecule has 5 heteroatoms. The summed E-state index contributed by atoms with van der Waals surface area (Å²) in [5.74, 6) is 0.620. The monoisotopic (exact) mass is 461 g/mol. The molecule has 0 amide bonds. The van der Waals surface area contributed by atoms with Gasteiger partial charge in [0.05, 0.1) is 22.1 Å². The van der Waals surface area contributed by atoms with Crippen molar-refractivity contribution in [1.29, 1.82) is 0 Å². The second-order valence-electron chi connectivity index (χ2n) is 9.00. The predicted octanol–water partition coefficient (Wildman–Crippen LogP) is 7.22. The Kier molecular flexibility index (Phi) is 3.88. The van der Waals surface area contributed by atoms with E-state index in [4.69, 9.17) is 0 Å². The van der Waals surface area contributed by atoms with E-state index in [2.05, 4.69) is 127 Å². The minimum Gasteiger partial charge on any atom is -0.309 e. The van der Waals surface area contributed by atoms with Gasteiger partial charge in [0.2, 0.25) is 5.95 Å². The second kappa shape index (κ2) is 7.23. The van der Waals surface area contributed by atoms with Crippen molar-refractivity contribution < 1.29 is 0 Å². The molecule has 0 N–H and O–H groups in total. The second-order valence-corrected chi connectivity index (χ2v) is 9.00. The molecule has 0 bridgehead atoms. The number of benzene rings is 5. The minimum absolute atomic E-state index is 0.620. The van der Waals surface area contributed by atoms with E-state index in [1.54, 1.807) is 12.7 Å². The van der Waals surface area contributed by atoms with Crippen molar-refractivity contribution in [3.05, 3.63) is 116 Å². The van der Waals surface area contributed by atoms with Gasteiger partial charge >= 0.3 is 0 Å². The third-order valence-electron chi connectivity index (χ3n) is 7.16. The number of hydrogen-bond acceptors (Lipinski definition) is 3. The van der Waals surface area contributed by atoms with Crippen LogP contribution in [0.15, 0.2) is 116 Å². The highest BCUT2D eigenvalue weighted by molar-refractivity contribution is 6.27. The molecular weight excluding hydrogens is 442 g/mol. The van der Waals surface area contributed by atoms with Crippen molar-refractivity contribution in [2.45, 2.75) is 0 Å². The summed E-state index contributed by atoms with van der Waals surface area (Å²) in [4.78, 5) is 13.0. The average molecular weight is 462 g/mol. The summed E-state index contributed by atoms with van der Waals surface area (Å²) >= 11 is 0. The number of para-hydroxylation sites is 3. The Morgan fingerprint density at radius 1 is 0.444 bits per heavy atom. The molecule has 0 saturated heterocycles. The molecule has 0 aliphatic carbocycles. The summed E-state index contributed by atoms with van der Waals surface area (Å²) in [5.41, 5.74) is 5.74. The normalized spacial score (nSPS) is 11.9. The third kappa shape index (κ3) is 2.51. The van der Waals surface area contributed by atoms with Crippen LogP contribution in [0.3, 0.4) is 0 Å². The van der Waals surface area contributed by atoms with Gasteiger partial charge < -0.3 is 4.57 Å². The van der Waals surface area contributed by atoms with Crippen molar-refractivity contribution >= 4 is 54.4 Å². The van der Waals surface area contributed by atoms with Gasteiger partial charge in [-0.2, -0.15) is 0 Å². The first-order valence-corrected chi connectivity index (χ1v) is 12.0. The Hall–Kier alpha value is -5.03. The van der Waals surface area contributed by atoms with E-state index in [1.807, 2.05) is 0 Å². The lowest BCUT2D eigenvalue weighted by Crippen LogP contribution is -2.00. The molecule has 0 unspecified atom stereocenters. The molecule has 0 aliphatic rings. The predicted molar refractivity (Wildman–Crippen MR) is 146 cm³/mol.